The number of aromatic nitrogens is 3. The summed E-state index contributed by atoms with van der Waals surface area (Å²) in [5.41, 5.74) is 5.13. The molecule has 6 heterocycles. The van der Waals surface area contributed by atoms with Gasteiger partial charge in [0.1, 0.15) is 11.5 Å². The van der Waals surface area contributed by atoms with Crippen LogP contribution in [-0.2, 0) is 17.9 Å². The van der Waals surface area contributed by atoms with Gasteiger partial charge in [-0.05, 0) is 61.7 Å². The summed E-state index contributed by atoms with van der Waals surface area (Å²) in [4.78, 5) is 34.9. The van der Waals surface area contributed by atoms with E-state index in [1.807, 2.05) is 51.8 Å². The first-order valence-electron chi connectivity index (χ1n) is 13.9. The Kier molecular flexibility index (Phi) is 6.07. The molecule has 0 unspecified atom stereocenters. The largest absolute Gasteiger partial charge is 0.375 e. The Bertz CT molecular complexity index is 1680. The van der Waals surface area contributed by atoms with E-state index in [0.29, 0.717) is 47.8 Å². The lowest BCUT2D eigenvalue weighted by molar-refractivity contribution is -0.112. The molecular formula is C30H32FN7O2. The van der Waals surface area contributed by atoms with Crippen molar-refractivity contribution >= 4 is 39.6 Å². The number of rotatable bonds is 4. The summed E-state index contributed by atoms with van der Waals surface area (Å²) in [7, 11) is 1.86. The highest BCUT2D eigenvalue weighted by Crippen LogP contribution is 2.38. The number of ketones is 1. The highest BCUT2D eigenvalue weighted by atomic mass is 19.1. The van der Waals surface area contributed by atoms with E-state index in [1.54, 1.807) is 6.20 Å². The number of piperidine rings is 1. The molecule has 4 aromatic rings. The number of halogens is 1. The van der Waals surface area contributed by atoms with E-state index in [1.165, 1.54) is 12.1 Å². The fraction of sp³-hybridized carbons (Fsp3) is 0.367. The number of hydrogen-bond acceptors (Lipinski definition) is 5. The van der Waals surface area contributed by atoms with Crippen molar-refractivity contribution in [3.05, 3.63) is 71.6 Å². The lowest BCUT2D eigenvalue weighted by atomic mass is 9.98. The number of nitrogens with zero attached hydrogens (tertiary/aromatic N) is 5. The number of pyridine rings is 1. The van der Waals surface area contributed by atoms with E-state index in [4.69, 9.17) is 0 Å². The second-order valence-corrected chi connectivity index (χ2v) is 11.1. The number of fused-ring (bicyclic) bond motifs is 1. The van der Waals surface area contributed by atoms with Crippen LogP contribution in [0.5, 0.6) is 0 Å². The van der Waals surface area contributed by atoms with Crippen LogP contribution in [0, 0.1) is 11.7 Å². The molecule has 1 saturated heterocycles. The summed E-state index contributed by atoms with van der Waals surface area (Å²) < 4.78 is 19.1. The predicted molar refractivity (Wildman–Crippen MR) is 151 cm³/mol. The van der Waals surface area contributed by atoms with Gasteiger partial charge in [0.15, 0.2) is 5.78 Å². The Hall–Kier alpha value is -4.18. The molecule has 0 saturated carbocycles. The minimum atomic E-state index is -0.380. The summed E-state index contributed by atoms with van der Waals surface area (Å²) in [6, 6.07) is 8.76. The van der Waals surface area contributed by atoms with Gasteiger partial charge in [-0.2, -0.15) is 0 Å². The van der Waals surface area contributed by atoms with Gasteiger partial charge < -0.3 is 25.0 Å². The third-order valence-corrected chi connectivity index (χ3v) is 8.47. The van der Waals surface area contributed by atoms with Gasteiger partial charge in [-0.25, -0.2) is 14.2 Å². The lowest BCUT2D eigenvalue weighted by Crippen LogP contribution is -2.44. The number of Topliss-reactive ketones (excluding diaryl/α,β-unsaturated/α-hetero) is 1. The minimum absolute atomic E-state index is 0.0327. The zero-order valence-corrected chi connectivity index (χ0v) is 22.5. The maximum Gasteiger partial charge on any atom is 0.320 e. The van der Waals surface area contributed by atoms with Gasteiger partial charge in [0.2, 0.25) is 0 Å². The van der Waals surface area contributed by atoms with Crippen LogP contribution < -0.4 is 10.6 Å². The molecule has 0 bridgehead atoms. The summed E-state index contributed by atoms with van der Waals surface area (Å²) >= 11 is 0. The predicted octanol–water partition coefficient (Wildman–Crippen LogP) is 3.34. The molecule has 3 aliphatic heterocycles. The van der Waals surface area contributed by atoms with Crippen molar-refractivity contribution in [3.63, 3.8) is 0 Å². The van der Waals surface area contributed by atoms with E-state index in [-0.39, 0.29) is 24.2 Å². The van der Waals surface area contributed by atoms with Crippen LogP contribution in [0.4, 0.5) is 9.18 Å². The van der Waals surface area contributed by atoms with E-state index in [2.05, 4.69) is 20.2 Å². The first kappa shape index (κ1) is 24.8. The maximum atomic E-state index is 15.1. The summed E-state index contributed by atoms with van der Waals surface area (Å²) in [5.74, 6) is 0.0701. The van der Waals surface area contributed by atoms with Crippen molar-refractivity contribution in [1.29, 1.82) is 0 Å². The van der Waals surface area contributed by atoms with Crippen LogP contribution in [0.2, 0.25) is 0 Å². The van der Waals surface area contributed by atoms with Gasteiger partial charge in [0.05, 0.1) is 35.2 Å². The first-order valence-corrected chi connectivity index (χ1v) is 13.9. The van der Waals surface area contributed by atoms with Gasteiger partial charge in [-0.15, -0.1) is 0 Å². The molecule has 3 aromatic heterocycles. The molecule has 1 aromatic carbocycles. The molecule has 10 heteroatoms. The summed E-state index contributed by atoms with van der Waals surface area (Å²) in [6.45, 7) is 4.25. The third-order valence-electron chi connectivity index (χ3n) is 8.47. The van der Waals surface area contributed by atoms with Crippen molar-refractivity contribution in [1.82, 2.24) is 34.4 Å². The second kappa shape index (κ2) is 9.78. The fourth-order valence-electron chi connectivity index (χ4n) is 6.54. The van der Waals surface area contributed by atoms with E-state index < -0.39 is 0 Å². The van der Waals surface area contributed by atoms with Crippen molar-refractivity contribution in [2.45, 2.75) is 25.9 Å². The molecule has 3 aliphatic rings. The number of benzene rings is 1. The lowest BCUT2D eigenvalue weighted by Gasteiger charge is -2.31. The molecular weight excluding hydrogens is 509 g/mol. The standard InChI is InChI=1S/C30H32FN7O2/c1-35(16-19-5-7-32-8-6-19)30(40)37-11-10-36-18-23(22-13-21(31)12-20(17-37)29(22)36)27-25(39)15-34-28(27)24-14-33-26-4-2-3-9-38(24)26/h2-4,9,12-14,18-19,32,34H,5-8,10-11,15-17H2,1H3. The number of carbonyl (C=O) groups excluding carboxylic acids is 2. The Balaban J connectivity index is 1.26. The molecule has 40 heavy (non-hydrogen) atoms. The molecule has 2 N–H and O–H groups in total. The number of urea groups is 1. The van der Waals surface area contributed by atoms with Crippen LogP contribution in [-0.4, -0.2) is 75.3 Å². The van der Waals surface area contributed by atoms with E-state index in [0.717, 1.165) is 54.9 Å². The fourth-order valence-corrected chi connectivity index (χ4v) is 6.54. The molecule has 0 spiro atoms. The Labute approximate surface area is 231 Å². The van der Waals surface area contributed by atoms with E-state index in [9.17, 15) is 9.59 Å². The maximum absolute atomic E-state index is 15.1. The Morgan fingerprint density at radius 2 is 2.05 bits per heavy atom. The third kappa shape index (κ3) is 4.14. The van der Waals surface area contributed by atoms with Gasteiger partial charge in [-0.1, -0.05) is 6.07 Å². The van der Waals surface area contributed by atoms with Crippen molar-refractivity contribution in [3.8, 4) is 0 Å². The van der Waals surface area contributed by atoms with Crippen molar-refractivity contribution in [2.75, 3.05) is 39.8 Å². The van der Waals surface area contributed by atoms with Crippen LogP contribution in [0.3, 0.4) is 0 Å². The number of nitrogens with one attached hydrogen (secondary N) is 2. The van der Waals surface area contributed by atoms with Gasteiger partial charge >= 0.3 is 6.03 Å². The molecule has 9 nitrogen and oxygen atoms in total. The quantitative estimate of drug-likeness (QED) is 0.414. The SMILES string of the molecule is CN(CC1CCNCC1)C(=O)N1CCn2cc(C3=C(c4cnc5ccccn45)NCC3=O)c3cc(F)cc(c32)C1. The first-order chi connectivity index (χ1) is 19.5. The Morgan fingerprint density at radius 1 is 1.20 bits per heavy atom. The molecule has 7 rings (SSSR count). The van der Waals surface area contributed by atoms with E-state index >= 15 is 4.39 Å². The zero-order valence-electron chi connectivity index (χ0n) is 22.5. The monoisotopic (exact) mass is 541 g/mol. The molecule has 206 valence electrons. The normalized spacial score (nSPS) is 18.1. The molecule has 0 aliphatic carbocycles. The number of hydrogen-bond donors (Lipinski definition) is 2. The van der Waals surface area contributed by atoms with Crippen LogP contribution in [0.15, 0.2) is 48.9 Å². The van der Waals surface area contributed by atoms with Crippen molar-refractivity contribution in [2.24, 2.45) is 5.92 Å². The summed E-state index contributed by atoms with van der Waals surface area (Å²) in [6.07, 6.45) is 7.76. The average Bonchev–Trinajstić information content (AvgIpc) is 3.62. The minimum Gasteiger partial charge on any atom is -0.375 e. The molecule has 0 atom stereocenters. The average molecular weight is 542 g/mol. The molecule has 1 fully saturated rings. The van der Waals surface area contributed by atoms with Crippen LogP contribution >= 0.6 is 0 Å². The topological polar surface area (TPSA) is 86.9 Å². The number of carbonyl (C=O) groups is 2. The smallest absolute Gasteiger partial charge is 0.320 e. The van der Waals surface area contributed by atoms with Crippen molar-refractivity contribution < 1.29 is 14.0 Å². The molecule has 0 radical (unpaired) electrons. The van der Waals surface area contributed by atoms with Gasteiger partial charge in [0.25, 0.3) is 0 Å². The zero-order chi connectivity index (χ0) is 27.4. The Morgan fingerprint density at radius 3 is 2.90 bits per heavy atom. The molecule has 2 amide bonds. The van der Waals surface area contributed by atoms with Gasteiger partial charge in [0, 0.05) is 56.6 Å². The second-order valence-electron chi connectivity index (χ2n) is 11.1. The van der Waals surface area contributed by atoms with Crippen LogP contribution in [0.25, 0.3) is 27.8 Å². The van der Waals surface area contributed by atoms with Crippen LogP contribution in [0.1, 0.15) is 29.7 Å². The highest BCUT2D eigenvalue weighted by Gasteiger charge is 2.32. The summed E-state index contributed by atoms with van der Waals surface area (Å²) in [5, 5.41) is 7.33. The number of imidazole rings is 1. The highest BCUT2D eigenvalue weighted by molar-refractivity contribution is 6.33. The number of amides is 2. The van der Waals surface area contributed by atoms with Gasteiger partial charge in [-0.3, -0.25) is 9.20 Å².